The van der Waals surface area contributed by atoms with Gasteiger partial charge in [-0.3, -0.25) is 4.98 Å². The van der Waals surface area contributed by atoms with Crippen molar-refractivity contribution in [2.75, 3.05) is 5.32 Å². The van der Waals surface area contributed by atoms with E-state index in [4.69, 9.17) is 0 Å². The predicted octanol–water partition coefficient (Wildman–Crippen LogP) is 3.63. The van der Waals surface area contributed by atoms with Crippen molar-refractivity contribution in [1.29, 1.82) is 0 Å². The molecule has 1 aliphatic carbocycles. The summed E-state index contributed by atoms with van der Waals surface area (Å²) in [5.74, 6) is 1.66. The van der Waals surface area contributed by atoms with Crippen LogP contribution in [0.4, 0.5) is 5.69 Å². The van der Waals surface area contributed by atoms with Crippen LogP contribution in [0.25, 0.3) is 0 Å². The number of hydrogen-bond acceptors (Lipinski definition) is 2. The highest BCUT2D eigenvalue weighted by molar-refractivity contribution is 5.42. The minimum absolute atomic E-state index is 0.626. The van der Waals surface area contributed by atoms with E-state index >= 15 is 0 Å². The van der Waals surface area contributed by atoms with Gasteiger partial charge in [-0.2, -0.15) is 0 Å². The molecule has 1 aromatic rings. The summed E-state index contributed by atoms with van der Waals surface area (Å²) in [7, 11) is 0. The van der Waals surface area contributed by atoms with Crippen LogP contribution in [0.2, 0.25) is 0 Å². The average molecular weight is 218 g/mol. The molecule has 1 saturated carbocycles. The summed E-state index contributed by atoms with van der Waals surface area (Å²) in [5.41, 5.74) is 2.24. The van der Waals surface area contributed by atoms with Gasteiger partial charge in [-0.1, -0.05) is 13.8 Å². The molecule has 0 aromatic carbocycles. The van der Waals surface area contributed by atoms with Crippen LogP contribution in [0, 0.1) is 18.8 Å². The number of aryl methyl sites for hydroxylation is 1. The van der Waals surface area contributed by atoms with Gasteiger partial charge in [0.2, 0.25) is 0 Å². The van der Waals surface area contributed by atoms with E-state index in [2.05, 4.69) is 36.3 Å². The van der Waals surface area contributed by atoms with Gasteiger partial charge in [-0.15, -0.1) is 0 Å². The zero-order chi connectivity index (χ0) is 11.5. The van der Waals surface area contributed by atoms with Gasteiger partial charge in [0.1, 0.15) is 0 Å². The fourth-order valence-electron chi connectivity index (χ4n) is 2.65. The van der Waals surface area contributed by atoms with Crippen LogP contribution in [-0.4, -0.2) is 11.0 Å². The molecule has 2 rings (SSSR count). The van der Waals surface area contributed by atoms with E-state index < -0.39 is 0 Å². The molecule has 1 aromatic heterocycles. The zero-order valence-electron chi connectivity index (χ0n) is 10.5. The number of hydrogen-bond donors (Lipinski definition) is 1. The first kappa shape index (κ1) is 11.4. The van der Waals surface area contributed by atoms with E-state index in [9.17, 15) is 0 Å². The van der Waals surface area contributed by atoms with Crippen LogP contribution >= 0.6 is 0 Å². The maximum atomic E-state index is 4.32. The summed E-state index contributed by atoms with van der Waals surface area (Å²) in [5, 5.41) is 3.62. The molecule has 2 nitrogen and oxygen atoms in total. The fraction of sp³-hybridized carbons (Fsp3) is 0.643. The number of anilines is 1. The van der Waals surface area contributed by atoms with Crippen molar-refractivity contribution < 1.29 is 0 Å². The highest BCUT2D eigenvalue weighted by Crippen LogP contribution is 2.30. The van der Waals surface area contributed by atoms with Crippen molar-refractivity contribution in [2.24, 2.45) is 11.8 Å². The van der Waals surface area contributed by atoms with Crippen molar-refractivity contribution in [1.82, 2.24) is 4.98 Å². The SMILES string of the molecule is Cc1ccc(NC2CCC(C)CC2C)cn1. The second-order valence-electron chi connectivity index (χ2n) is 5.33. The topological polar surface area (TPSA) is 24.9 Å². The first-order valence-corrected chi connectivity index (χ1v) is 6.34. The highest BCUT2D eigenvalue weighted by Gasteiger charge is 2.24. The molecular formula is C14H22N2. The van der Waals surface area contributed by atoms with E-state index in [1.807, 2.05) is 13.1 Å². The quantitative estimate of drug-likeness (QED) is 0.820. The maximum absolute atomic E-state index is 4.32. The summed E-state index contributed by atoms with van der Waals surface area (Å²) in [4.78, 5) is 4.32. The van der Waals surface area contributed by atoms with Gasteiger partial charge in [0.05, 0.1) is 11.9 Å². The Morgan fingerprint density at radius 2 is 2.06 bits per heavy atom. The molecule has 2 heteroatoms. The molecule has 1 fully saturated rings. The van der Waals surface area contributed by atoms with Gasteiger partial charge in [0.25, 0.3) is 0 Å². The smallest absolute Gasteiger partial charge is 0.0529 e. The van der Waals surface area contributed by atoms with Gasteiger partial charge < -0.3 is 5.32 Å². The Hall–Kier alpha value is -1.05. The molecule has 1 aliphatic rings. The van der Waals surface area contributed by atoms with Crippen molar-refractivity contribution in [2.45, 2.75) is 46.1 Å². The second kappa shape index (κ2) is 4.86. The van der Waals surface area contributed by atoms with Crippen LogP contribution < -0.4 is 5.32 Å². The third-order valence-corrected chi connectivity index (χ3v) is 3.69. The summed E-state index contributed by atoms with van der Waals surface area (Å²) in [6, 6.07) is 4.83. The lowest BCUT2D eigenvalue weighted by Crippen LogP contribution is -2.33. The monoisotopic (exact) mass is 218 g/mol. The Morgan fingerprint density at radius 3 is 2.69 bits per heavy atom. The van der Waals surface area contributed by atoms with Crippen LogP contribution in [-0.2, 0) is 0 Å². The van der Waals surface area contributed by atoms with Gasteiger partial charge >= 0.3 is 0 Å². The number of rotatable bonds is 2. The molecule has 0 spiro atoms. The third kappa shape index (κ3) is 2.75. The molecule has 16 heavy (non-hydrogen) atoms. The number of nitrogens with one attached hydrogen (secondary N) is 1. The second-order valence-corrected chi connectivity index (χ2v) is 5.33. The maximum Gasteiger partial charge on any atom is 0.0529 e. The number of pyridine rings is 1. The summed E-state index contributed by atoms with van der Waals surface area (Å²) in [6.07, 6.45) is 5.93. The molecule has 0 radical (unpaired) electrons. The van der Waals surface area contributed by atoms with E-state index in [1.165, 1.54) is 19.3 Å². The molecule has 0 aliphatic heterocycles. The van der Waals surface area contributed by atoms with Crippen LogP contribution in [0.1, 0.15) is 38.8 Å². The number of nitrogens with zero attached hydrogens (tertiary/aromatic N) is 1. The van der Waals surface area contributed by atoms with Crippen molar-refractivity contribution in [3.63, 3.8) is 0 Å². The van der Waals surface area contributed by atoms with Crippen LogP contribution in [0.15, 0.2) is 18.3 Å². The molecule has 0 amide bonds. The largest absolute Gasteiger partial charge is 0.381 e. The van der Waals surface area contributed by atoms with E-state index in [0.29, 0.717) is 6.04 Å². The molecule has 0 saturated heterocycles. The predicted molar refractivity (Wildman–Crippen MR) is 68.6 cm³/mol. The Morgan fingerprint density at radius 1 is 1.25 bits per heavy atom. The summed E-state index contributed by atoms with van der Waals surface area (Å²) < 4.78 is 0. The van der Waals surface area contributed by atoms with Gasteiger partial charge in [0, 0.05) is 11.7 Å². The summed E-state index contributed by atoms with van der Waals surface area (Å²) in [6.45, 7) is 6.74. The molecular weight excluding hydrogens is 196 g/mol. The van der Waals surface area contributed by atoms with E-state index in [0.717, 1.165) is 23.2 Å². The zero-order valence-corrected chi connectivity index (χ0v) is 10.5. The molecule has 88 valence electrons. The standard InChI is InChI=1S/C14H22N2/c1-10-4-7-14(11(2)8-10)16-13-6-5-12(3)15-9-13/h5-6,9-11,14,16H,4,7-8H2,1-3H3. The first-order chi connectivity index (χ1) is 7.65. The Bertz CT molecular complexity index is 331. The molecule has 0 bridgehead atoms. The lowest BCUT2D eigenvalue weighted by molar-refractivity contribution is 0.276. The lowest BCUT2D eigenvalue weighted by atomic mass is 9.80. The van der Waals surface area contributed by atoms with Gasteiger partial charge in [-0.25, -0.2) is 0 Å². The highest BCUT2D eigenvalue weighted by atomic mass is 14.9. The van der Waals surface area contributed by atoms with Crippen molar-refractivity contribution >= 4 is 5.69 Å². The lowest BCUT2D eigenvalue weighted by Gasteiger charge is -2.33. The average Bonchev–Trinajstić information content (AvgIpc) is 2.25. The van der Waals surface area contributed by atoms with E-state index in [1.54, 1.807) is 0 Å². The molecule has 3 unspecified atom stereocenters. The fourth-order valence-corrected chi connectivity index (χ4v) is 2.65. The Labute approximate surface area is 98.5 Å². The third-order valence-electron chi connectivity index (χ3n) is 3.69. The van der Waals surface area contributed by atoms with Crippen LogP contribution in [0.5, 0.6) is 0 Å². The van der Waals surface area contributed by atoms with Gasteiger partial charge in [-0.05, 0) is 50.2 Å². The Kier molecular flexibility index (Phi) is 3.47. The van der Waals surface area contributed by atoms with E-state index in [-0.39, 0.29) is 0 Å². The molecule has 1 N–H and O–H groups in total. The number of aromatic nitrogens is 1. The van der Waals surface area contributed by atoms with Crippen molar-refractivity contribution in [3.8, 4) is 0 Å². The van der Waals surface area contributed by atoms with Gasteiger partial charge in [0.15, 0.2) is 0 Å². The van der Waals surface area contributed by atoms with Crippen LogP contribution in [0.3, 0.4) is 0 Å². The minimum atomic E-state index is 0.626. The van der Waals surface area contributed by atoms with Crippen molar-refractivity contribution in [3.05, 3.63) is 24.0 Å². The Balaban J connectivity index is 1.96. The first-order valence-electron chi connectivity index (χ1n) is 6.34. The summed E-state index contributed by atoms with van der Waals surface area (Å²) >= 11 is 0. The minimum Gasteiger partial charge on any atom is -0.381 e. The molecule has 3 atom stereocenters. The normalized spacial score (nSPS) is 30.1. The molecule has 1 heterocycles.